The van der Waals surface area contributed by atoms with Crippen LogP contribution in [0.2, 0.25) is 0 Å². The van der Waals surface area contributed by atoms with Crippen molar-refractivity contribution in [3.05, 3.63) is 36.2 Å². The van der Waals surface area contributed by atoms with Gasteiger partial charge in [-0.05, 0) is 38.7 Å². The summed E-state index contributed by atoms with van der Waals surface area (Å²) in [6.07, 6.45) is -0.468. The number of hydrogen-bond donors (Lipinski definition) is 1. The number of amides is 1. The summed E-state index contributed by atoms with van der Waals surface area (Å²) in [4.78, 5) is 11.8. The molecule has 0 atom stereocenters. The summed E-state index contributed by atoms with van der Waals surface area (Å²) in [5.74, 6) is 1.56. The molecule has 0 unspecified atom stereocenters. The smallest absolute Gasteiger partial charge is 0.408 e. The maximum Gasteiger partial charge on any atom is 0.408 e. The van der Waals surface area contributed by atoms with E-state index in [0.29, 0.717) is 5.82 Å². The largest absolute Gasteiger partial charge is 0.444 e. The Kier molecular flexibility index (Phi) is 5.65. The Morgan fingerprint density at radius 1 is 1.26 bits per heavy atom. The van der Waals surface area contributed by atoms with Gasteiger partial charge >= 0.3 is 6.09 Å². The Balaban J connectivity index is 2.18. The zero-order valence-corrected chi connectivity index (χ0v) is 14.7. The first kappa shape index (κ1) is 17.3. The van der Waals surface area contributed by atoms with Crippen LogP contribution in [0.25, 0.3) is 5.69 Å². The number of ether oxygens (including phenoxy) is 1. The van der Waals surface area contributed by atoms with E-state index in [1.165, 1.54) is 0 Å². The van der Waals surface area contributed by atoms with Crippen LogP contribution >= 0.6 is 11.8 Å². The van der Waals surface area contributed by atoms with Crippen LogP contribution in [0.3, 0.4) is 0 Å². The van der Waals surface area contributed by atoms with Crippen LogP contribution in [0.4, 0.5) is 4.79 Å². The van der Waals surface area contributed by atoms with E-state index in [0.717, 1.165) is 16.6 Å². The Labute approximate surface area is 140 Å². The number of hydrogen-bond acceptors (Lipinski definition) is 5. The monoisotopic (exact) mass is 334 g/mol. The van der Waals surface area contributed by atoms with Crippen molar-refractivity contribution >= 4 is 17.9 Å². The molecule has 0 spiro atoms. The molecule has 0 aliphatic rings. The number of alkyl carbamates (subject to hydrolysis) is 1. The molecule has 1 aromatic heterocycles. The van der Waals surface area contributed by atoms with Gasteiger partial charge in [0.05, 0.1) is 6.54 Å². The van der Waals surface area contributed by atoms with Crippen LogP contribution in [0, 0.1) is 0 Å². The Morgan fingerprint density at radius 3 is 2.57 bits per heavy atom. The Morgan fingerprint density at radius 2 is 1.96 bits per heavy atom. The van der Waals surface area contributed by atoms with E-state index in [4.69, 9.17) is 4.74 Å². The number of aromatic nitrogens is 3. The quantitative estimate of drug-likeness (QED) is 0.849. The van der Waals surface area contributed by atoms with E-state index < -0.39 is 11.7 Å². The van der Waals surface area contributed by atoms with Gasteiger partial charge in [-0.1, -0.05) is 36.9 Å². The summed E-state index contributed by atoms with van der Waals surface area (Å²) in [7, 11) is 0. The lowest BCUT2D eigenvalue weighted by Gasteiger charge is -2.19. The van der Waals surface area contributed by atoms with Crippen LogP contribution < -0.4 is 5.32 Å². The molecule has 1 aromatic carbocycles. The van der Waals surface area contributed by atoms with E-state index in [-0.39, 0.29) is 6.54 Å². The molecule has 7 heteroatoms. The number of carbonyl (C=O) groups is 1. The third-order valence-electron chi connectivity index (χ3n) is 2.78. The van der Waals surface area contributed by atoms with Crippen LogP contribution in [0.5, 0.6) is 0 Å². The molecule has 6 nitrogen and oxygen atoms in total. The molecule has 0 saturated heterocycles. The average Bonchev–Trinajstić information content (AvgIpc) is 2.87. The summed E-state index contributed by atoms with van der Waals surface area (Å²) in [6, 6.07) is 9.85. The molecular formula is C16H22N4O2S. The Bertz CT molecular complexity index is 650. The van der Waals surface area contributed by atoms with Crippen molar-refractivity contribution in [2.24, 2.45) is 0 Å². The van der Waals surface area contributed by atoms with Gasteiger partial charge in [0.25, 0.3) is 0 Å². The van der Waals surface area contributed by atoms with Crippen molar-refractivity contribution in [1.29, 1.82) is 0 Å². The van der Waals surface area contributed by atoms with E-state index in [1.54, 1.807) is 11.8 Å². The van der Waals surface area contributed by atoms with Crippen LogP contribution in [0.15, 0.2) is 35.5 Å². The standard InChI is InChI=1S/C16H22N4O2S/c1-5-23-14-19-18-13(11-17-15(21)22-16(2,3)4)20(14)12-9-7-6-8-10-12/h6-10H,5,11H2,1-4H3,(H,17,21). The van der Waals surface area contributed by atoms with Crippen LogP contribution in [0.1, 0.15) is 33.5 Å². The molecule has 23 heavy (non-hydrogen) atoms. The van der Waals surface area contributed by atoms with Gasteiger partial charge in [0.15, 0.2) is 11.0 Å². The van der Waals surface area contributed by atoms with Gasteiger partial charge in [-0.2, -0.15) is 0 Å². The third kappa shape index (κ3) is 4.99. The van der Waals surface area contributed by atoms with Crippen molar-refractivity contribution in [3.8, 4) is 5.69 Å². The number of rotatable bonds is 5. The fourth-order valence-corrected chi connectivity index (χ4v) is 2.64. The van der Waals surface area contributed by atoms with Crippen molar-refractivity contribution in [3.63, 3.8) is 0 Å². The molecule has 1 amide bonds. The number of benzene rings is 1. The van der Waals surface area contributed by atoms with Crippen molar-refractivity contribution in [2.75, 3.05) is 5.75 Å². The zero-order chi connectivity index (χ0) is 16.9. The van der Waals surface area contributed by atoms with E-state index in [1.807, 2.05) is 55.7 Å². The molecule has 2 rings (SSSR count). The van der Waals surface area contributed by atoms with Gasteiger partial charge in [0.1, 0.15) is 5.60 Å². The van der Waals surface area contributed by atoms with Crippen molar-refractivity contribution in [2.45, 2.75) is 45.0 Å². The molecule has 0 radical (unpaired) electrons. The summed E-state index contributed by atoms with van der Waals surface area (Å²) in [5.41, 5.74) is 0.440. The zero-order valence-electron chi connectivity index (χ0n) is 13.9. The fourth-order valence-electron chi connectivity index (χ4n) is 1.94. The molecular weight excluding hydrogens is 312 g/mol. The van der Waals surface area contributed by atoms with E-state index in [9.17, 15) is 4.79 Å². The molecule has 0 aliphatic carbocycles. The number of carbonyl (C=O) groups excluding carboxylic acids is 1. The second-order valence-corrected chi connectivity index (χ2v) is 7.09. The van der Waals surface area contributed by atoms with Crippen LogP contribution in [-0.2, 0) is 11.3 Å². The van der Waals surface area contributed by atoms with E-state index in [2.05, 4.69) is 22.4 Å². The van der Waals surface area contributed by atoms with Crippen molar-refractivity contribution < 1.29 is 9.53 Å². The molecule has 124 valence electrons. The minimum Gasteiger partial charge on any atom is -0.444 e. The highest BCUT2D eigenvalue weighted by Crippen LogP contribution is 2.21. The molecule has 0 bridgehead atoms. The summed E-state index contributed by atoms with van der Waals surface area (Å²) in [6.45, 7) is 7.80. The molecule has 0 saturated carbocycles. The molecule has 1 N–H and O–H groups in total. The summed E-state index contributed by atoms with van der Waals surface area (Å²) >= 11 is 1.61. The number of para-hydroxylation sites is 1. The average molecular weight is 334 g/mol. The SMILES string of the molecule is CCSc1nnc(CNC(=O)OC(C)(C)C)n1-c1ccccc1. The van der Waals surface area contributed by atoms with Gasteiger partial charge < -0.3 is 10.1 Å². The van der Waals surface area contributed by atoms with Crippen LogP contribution in [-0.4, -0.2) is 32.2 Å². The van der Waals surface area contributed by atoms with Gasteiger partial charge in [0.2, 0.25) is 0 Å². The lowest BCUT2D eigenvalue weighted by molar-refractivity contribution is 0.0522. The van der Waals surface area contributed by atoms with E-state index >= 15 is 0 Å². The van der Waals surface area contributed by atoms with Gasteiger partial charge in [0, 0.05) is 5.69 Å². The first-order chi connectivity index (χ1) is 10.9. The lowest BCUT2D eigenvalue weighted by atomic mass is 10.2. The topological polar surface area (TPSA) is 69.0 Å². The van der Waals surface area contributed by atoms with Crippen molar-refractivity contribution in [1.82, 2.24) is 20.1 Å². The maximum atomic E-state index is 11.8. The van der Waals surface area contributed by atoms with Gasteiger partial charge in [-0.15, -0.1) is 10.2 Å². The second-order valence-electron chi connectivity index (χ2n) is 5.86. The number of nitrogens with one attached hydrogen (secondary N) is 1. The first-order valence-electron chi connectivity index (χ1n) is 7.50. The first-order valence-corrected chi connectivity index (χ1v) is 8.48. The van der Waals surface area contributed by atoms with Gasteiger partial charge in [-0.25, -0.2) is 4.79 Å². The third-order valence-corrected chi connectivity index (χ3v) is 3.59. The molecule has 1 heterocycles. The normalized spacial score (nSPS) is 11.3. The number of thioether (sulfide) groups is 1. The predicted molar refractivity (Wildman–Crippen MR) is 90.8 cm³/mol. The fraction of sp³-hybridized carbons (Fsp3) is 0.438. The Hall–Kier alpha value is -2.02. The highest BCUT2D eigenvalue weighted by molar-refractivity contribution is 7.99. The highest BCUT2D eigenvalue weighted by Gasteiger charge is 2.18. The molecule has 0 fully saturated rings. The lowest BCUT2D eigenvalue weighted by Crippen LogP contribution is -2.32. The minimum absolute atomic E-state index is 0.251. The number of nitrogens with zero attached hydrogens (tertiary/aromatic N) is 3. The molecule has 2 aromatic rings. The maximum absolute atomic E-state index is 11.8. The van der Waals surface area contributed by atoms with Gasteiger partial charge in [-0.3, -0.25) is 4.57 Å². The summed E-state index contributed by atoms with van der Waals surface area (Å²) in [5, 5.41) is 12.0. The predicted octanol–water partition coefficient (Wildman–Crippen LogP) is 3.40. The summed E-state index contributed by atoms with van der Waals surface area (Å²) < 4.78 is 7.20. The molecule has 0 aliphatic heterocycles. The second kappa shape index (κ2) is 7.50. The highest BCUT2D eigenvalue weighted by atomic mass is 32.2. The minimum atomic E-state index is -0.527.